The van der Waals surface area contributed by atoms with E-state index in [2.05, 4.69) is 9.97 Å². The molecule has 0 saturated heterocycles. The highest BCUT2D eigenvalue weighted by atomic mass is 19.1. The van der Waals surface area contributed by atoms with Crippen LogP contribution in [-0.2, 0) is 0 Å². The number of halogens is 1. The van der Waals surface area contributed by atoms with Crippen molar-refractivity contribution in [1.29, 1.82) is 0 Å². The topological polar surface area (TPSA) is 44.2 Å². The highest BCUT2D eigenvalue weighted by molar-refractivity contribution is 5.15. The molecule has 1 rings (SSSR count). The molecule has 0 amide bonds. The number of rotatable bonds is 2. The van der Waals surface area contributed by atoms with Crippen LogP contribution < -0.4 is 9.47 Å². The Morgan fingerprint density at radius 3 is 2.00 bits per heavy atom. The molecule has 0 aliphatic heterocycles. The molecular formula is C12H19FN2O2. The molecule has 0 saturated carbocycles. The maximum absolute atomic E-state index is 13.4. The van der Waals surface area contributed by atoms with Crippen molar-refractivity contribution in [1.82, 2.24) is 9.97 Å². The van der Waals surface area contributed by atoms with Crippen LogP contribution in [0.4, 0.5) is 4.39 Å². The van der Waals surface area contributed by atoms with E-state index in [1.165, 1.54) is 0 Å². The number of hydrogen-bond donors (Lipinski definition) is 0. The summed E-state index contributed by atoms with van der Waals surface area (Å²) in [4.78, 5) is 7.68. The molecule has 1 aromatic rings. The van der Waals surface area contributed by atoms with E-state index < -0.39 is 17.0 Å². The lowest BCUT2D eigenvalue weighted by molar-refractivity contribution is 0.0982. The summed E-state index contributed by atoms with van der Waals surface area (Å²) in [5.74, 6) is -0.687. The number of hydrogen-bond acceptors (Lipinski definition) is 4. The Morgan fingerprint density at radius 2 is 1.53 bits per heavy atom. The molecule has 0 aliphatic carbocycles. The normalized spacial score (nSPS) is 12.4. The zero-order valence-corrected chi connectivity index (χ0v) is 11.2. The van der Waals surface area contributed by atoms with E-state index in [-0.39, 0.29) is 11.9 Å². The van der Waals surface area contributed by atoms with Gasteiger partial charge in [0.1, 0.15) is 11.2 Å². The highest BCUT2D eigenvalue weighted by Crippen LogP contribution is 2.22. The Morgan fingerprint density at radius 1 is 1.00 bits per heavy atom. The summed E-state index contributed by atoms with van der Waals surface area (Å²) >= 11 is 0. The largest absolute Gasteiger partial charge is 0.470 e. The molecule has 0 unspecified atom stereocenters. The van der Waals surface area contributed by atoms with Crippen molar-refractivity contribution >= 4 is 0 Å². The smallest absolute Gasteiger partial charge is 0.320 e. The maximum atomic E-state index is 13.4. The molecule has 4 nitrogen and oxygen atoms in total. The first-order valence-electron chi connectivity index (χ1n) is 5.47. The minimum atomic E-state index is -0.596. The van der Waals surface area contributed by atoms with Gasteiger partial charge in [-0.05, 0) is 41.5 Å². The quantitative estimate of drug-likeness (QED) is 0.799. The average Bonchev–Trinajstić information content (AvgIpc) is 2.05. The fourth-order valence-corrected chi connectivity index (χ4v) is 1.02. The second kappa shape index (κ2) is 4.47. The van der Waals surface area contributed by atoms with E-state index in [0.717, 1.165) is 6.20 Å². The number of ether oxygens (including phenoxy) is 2. The van der Waals surface area contributed by atoms with Crippen molar-refractivity contribution in [3.05, 3.63) is 12.0 Å². The number of aromatic nitrogens is 2. The molecule has 96 valence electrons. The van der Waals surface area contributed by atoms with Crippen LogP contribution in [0.5, 0.6) is 11.9 Å². The van der Waals surface area contributed by atoms with Gasteiger partial charge in [0.15, 0.2) is 0 Å². The monoisotopic (exact) mass is 242 g/mol. The lowest BCUT2D eigenvalue weighted by Crippen LogP contribution is -2.26. The summed E-state index contributed by atoms with van der Waals surface area (Å²) in [6.45, 7) is 11.1. The molecule has 0 spiro atoms. The summed E-state index contributed by atoms with van der Waals surface area (Å²) in [5, 5.41) is 0. The Kier molecular flexibility index (Phi) is 3.59. The minimum absolute atomic E-state index is 0.0910. The van der Waals surface area contributed by atoms with Crippen LogP contribution in [0.2, 0.25) is 0 Å². The van der Waals surface area contributed by atoms with Crippen molar-refractivity contribution in [3.8, 4) is 11.9 Å². The zero-order chi connectivity index (χ0) is 13.3. The van der Waals surface area contributed by atoms with Gasteiger partial charge in [-0.1, -0.05) is 0 Å². The van der Waals surface area contributed by atoms with Crippen LogP contribution in [0.25, 0.3) is 0 Å². The summed E-state index contributed by atoms with van der Waals surface area (Å²) < 4.78 is 24.3. The van der Waals surface area contributed by atoms with E-state index in [0.29, 0.717) is 0 Å². The van der Waals surface area contributed by atoms with Gasteiger partial charge in [0, 0.05) is 0 Å². The molecule has 1 aromatic heterocycles. The molecule has 17 heavy (non-hydrogen) atoms. The molecule has 0 bridgehead atoms. The Hall–Kier alpha value is -1.39. The molecule has 1 heterocycles. The predicted octanol–water partition coefficient (Wildman–Crippen LogP) is 2.97. The van der Waals surface area contributed by atoms with Gasteiger partial charge in [-0.2, -0.15) is 9.37 Å². The summed E-state index contributed by atoms with van der Waals surface area (Å²) in [7, 11) is 0. The van der Waals surface area contributed by atoms with Gasteiger partial charge in [-0.15, -0.1) is 0 Å². The van der Waals surface area contributed by atoms with Crippen LogP contribution in [0.1, 0.15) is 41.5 Å². The molecule has 0 N–H and O–H groups in total. The first-order valence-corrected chi connectivity index (χ1v) is 5.47. The Labute approximate surface area is 101 Å². The zero-order valence-electron chi connectivity index (χ0n) is 11.2. The first-order chi connectivity index (χ1) is 7.57. The lowest BCUT2D eigenvalue weighted by Gasteiger charge is -2.22. The van der Waals surface area contributed by atoms with E-state index in [1.807, 2.05) is 41.5 Å². The second-order valence-electron chi connectivity index (χ2n) is 5.73. The lowest BCUT2D eigenvalue weighted by atomic mass is 10.2. The number of nitrogens with zero attached hydrogens (tertiary/aromatic N) is 2. The van der Waals surface area contributed by atoms with E-state index in [1.54, 1.807) is 0 Å². The van der Waals surface area contributed by atoms with Gasteiger partial charge in [0.2, 0.25) is 5.82 Å². The van der Waals surface area contributed by atoms with E-state index >= 15 is 0 Å². The molecule has 0 fully saturated rings. The first kappa shape index (κ1) is 13.7. The third-order valence-electron chi connectivity index (χ3n) is 1.49. The third kappa shape index (κ3) is 4.97. The van der Waals surface area contributed by atoms with Crippen molar-refractivity contribution < 1.29 is 13.9 Å². The molecule has 0 atom stereocenters. The fraction of sp³-hybridized carbons (Fsp3) is 0.667. The van der Waals surface area contributed by atoms with E-state index in [4.69, 9.17) is 9.47 Å². The third-order valence-corrected chi connectivity index (χ3v) is 1.49. The fourth-order valence-electron chi connectivity index (χ4n) is 1.02. The van der Waals surface area contributed by atoms with Crippen LogP contribution >= 0.6 is 0 Å². The maximum Gasteiger partial charge on any atom is 0.320 e. The summed E-state index contributed by atoms with van der Waals surface area (Å²) in [6, 6.07) is 0.109. The summed E-state index contributed by atoms with van der Waals surface area (Å²) in [5.41, 5.74) is -0.953. The van der Waals surface area contributed by atoms with Crippen LogP contribution in [0, 0.1) is 5.82 Å². The van der Waals surface area contributed by atoms with Crippen molar-refractivity contribution in [2.45, 2.75) is 52.7 Å². The second-order valence-corrected chi connectivity index (χ2v) is 5.73. The van der Waals surface area contributed by atoms with Crippen molar-refractivity contribution in [2.24, 2.45) is 0 Å². The van der Waals surface area contributed by atoms with Crippen molar-refractivity contribution in [3.63, 3.8) is 0 Å². The minimum Gasteiger partial charge on any atom is -0.470 e. The van der Waals surface area contributed by atoms with Crippen LogP contribution in [-0.4, -0.2) is 21.2 Å². The summed E-state index contributed by atoms with van der Waals surface area (Å²) in [6.07, 6.45) is 1.05. The highest BCUT2D eigenvalue weighted by Gasteiger charge is 2.20. The van der Waals surface area contributed by atoms with Gasteiger partial charge in [0.25, 0.3) is 5.88 Å². The van der Waals surface area contributed by atoms with Gasteiger partial charge in [-0.25, -0.2) is 4.98 Å². The van der Waals surface area contributed by atoms with Gasteiger partial charge >= 0.3 is 6.01 Å². The molecule has 0 aliphatic rings. The average molecular weight is 242 g/mol. The van der Waals surface area contributed by atoms with Crippen LogP contribution in [0.3, 0.4) is 0 Å². The van der Waals surface area contributed by atoms with E-state index in [9.17, 15) is 4.39 Å². The Balaban J connectivity index is 2.95. The van der Waals surface area contributed by atoms with Crippen LogP contribution in [0.15, 0.2) is 6.20 Å². The molecule has 5 heteroatoms. The van der Waals surface area contributed by atoms with Gasteiger partial charge in [0.05, 0.1) is 6.20 Å². The van der Waals surface area contributed by atoms with Crippen molar-refractivity contribution in [2.75, 3.05) is 0 Å². The van der Waals surface area contributed by atoms with Gasteiger partial charge in [-0.3, -0.25) is 0 Å². The molecule has 0 radical (unpaired) electrons. The molecule has 0 aromatic carbocycles. The predicted molar refractivity (Wildman–Crippen MR) is 62.8 cm³/mol. The van der Waals surface area contributed by atoms with Gasteiger partial charge < -0.3 is 9.47 Å². The Bertz CT molecular complexity index is 394. The molecular weight excluding hydrogens is 223 g/mol. The SMILES string of the molecule is CC(C)(C)Oc1ncc(F)c(OC(C)(C)C)n1. The standard InChI is InChI=1S/C12H19FN2O2/c1-11(2,3)16-9-8(13)7-14-10(15-9)17-12(4,5)6/h7H,1-6H3.